The Morgan fingerprint density at radius 3 is 2.72 bits per heavy atom. The van der Waals surface area contributed by atoms with E-state index >= 15 is 0 Å². The summed E-state index contributed by atoms with van der Waals surface area (Å²) in [6.45, 7) is 3.84. The van der Waals surface area contributed by atoms with E-state index < -0.39 is 5.97 Å². The average molecular weight is 396 g/mol. The van der Waals surface area contributed by atoms with Gasteiger partial charge in [0, 0.05) is 30.4 Å². The number of ether oxygens (including phenoxy) is 3. The van der Waals surface area contributed by atoms with Crippen LogP contribution in [0.25, 0.3) is 0 Å². The summed E-state index contributed by atoms with van der Waals surface area (Å²) in [6.07, 6.45) is 2.82. The first kappa shape index (κ1) is 20.3. The van der Waals surface area contributed by atoms with Crippen LogP contribution < -0.4 is 20.1 Å². The second-order valence-corrected chi connectivity index (χ2v) is 6.45. The first-order valence-electron chi connectivity index (χ1n) is 9.33. The van der Waals surface area contributed by atoms with Gasteiger partial charge in [0.05, 0.1) is 7.11 Å². The van der Waals surface area contributed by atoms with E-state index in [0.717, 1.165) is 28.3 Å². The van der Waals surface area contributed by atoms with E-state index in [-0.39, 0.29) is 12.5 Å². The molecule has 0 saturated heterocycles. The maximum absolute atomic E-state index is 12.4. The fourth-order valence-corrected chi connectivity index (χ4v) is 2.94. The van der Waals surface area contributed by atoms with E-state index in [0.29, 0.717) is 25.3 Å². The molecule has 2 N–H and O–H groups in total. The lowest BCUT2D eigenvalue weighted by Crippen LogP contribution is -2.24. The molecule has 7 heteroatoms. The van der Waals surface area contributed by atoms with Crippen molar-refractivity contribution in [2.24, 2.45) is 0 Å². The van der Waals surface area contributed by atoms with Crippen molar-refractivity contribution in [3.8, 4) is 11.5 Å². The number of benzene rings is 2. The van der Waals surface area contributed by atoms with Gasteiger partial charge in [-0.15, -0.1) is 0 Å². The van der Waals surface area contributed by atoms with Crippen molar-refractivity contribution in [2.75, 3.05) is 32.2 Å². The first-order chi connectivity index (χ1) is 14.1. The molecule has 0 unspecified atom stereocenters. The van der Waals surface area contributed by atoms with Crippen molar-refractivity contribution in [3.05, 3.63) is 65.2 Å². The highest BCUT2D eigenvalue weighted by molar-refractivity contribution is 5.97. The van der Waals surface area contributed by atoms with Gasteiger partial charge in [0.1, 0.15) is 13.2 Å². The number of methoxy groups -OCH3 is 1. The number of hydrogen-bond acceptors (Lipinski definition) is 6. The second kappa shape index (κ2) is 9.64. The SMILES string of the molecule is COC(=O)/C=C/CNC(=O)c1cccc(NCc2ccc3c(c2)OCCO3)c1C. The highest BCUT2D eigenvalue weighted by Gasteiger charge is 2.13. The number of fused-ring (bicyclic) bond motifs is 1. The fourth-order valence-electron chi connectivity index (χ4n) is 2.94. The van der Waals surface area contributed by atoms with Gasteiger partial charge < -0.3 is 24.8 Å². The van der Waals surface area contributed by atoms with Crippen molar-refractivity contribution < 1.29 is 23.8 Å². The molecule has 1 aliphatic heterocycles. The maximum atomic E-state index is 12.4. The van der Waals surface area contributed by atoms with Gasteiger partial charge in [0.25, 0.3) is 5.91 Å². The summed E-state index contributed by atoms with van der Waals surface area (Å²) in [7, 11) is 1.30. The summed E-state index contributed by atoms with van der Waals surface area (Å²) in [5.74, 6) is 0.845. The summed E-state index contributed by atoms with van der Waals surface area (Å²) in [4.78, 5) is 23.5. The Bertz CT molecular complexity index is 923. The lowest BCUT2D eigenvalue weighted by molar-refractivity contribution is -0.134. The molecule has 0 radical (unpaired) electrons. The first-order valence-corrected chi connectivity index (χ1v) is 9.33. The van der Waals surface area contributed by atoms with Crippen molar-refractivity contribution in [1.82, 2.24) is 5.32 Å². The van der Waals surface area contributed by atoms with Crippen LogP contribution in [0.5, 0.6) is 11.5 Å². The Morgan fingerprint density at radius 2 is 1.93 bits per heavy atom. The molecule has 1 amide bonds. The lowest BCUT2D eigenvalue weighted by atomic mass is 10.1. The molecule has 3 rings (SSSR count). The summed E-state index contributed by atoms with van der Waals surface area (Å²) in [5, 5.41) is 6.13. The molecular formula is C22H24N2O5. The molecule has 0 aromatic heterocycles. The minimum absolute atomic E-state index is 0.208. The number of anilines is 1. The van der Waals surface area contributed by atoms with E-state index in [1.54, 1.807) is 12.1 Å². The van der Waals surface area contributed by atoms with E-state index in [1.165, 1.54) is 13.2 Å². The summed E-state index contributed by atoms with van der Waals surface area (Å²) in [6, 6.07) is 11.4. The van der Waals surface area contributed by atoms with Gasteiger partial charge >= 0.3 is 5.97 Å². The molecule has 152 valence electrons. The molecule has 0 fully saturated rings. The Kier molecular flexibility index (Phi) is 6.73. The summed E-state index contributed by atoms with van der Waals surface area (Å²) in [5.41, 5.74) is 3.34. The van der Waals surface area contributed by atoms with Crippen LogP contribution in [0, 0.1) is 6.92 Å². The van der Waals surface area contributed by atoms with E-state index in [4.69, 9.17) is 9.47 Å². The third kappa shape index (κ3) is 5.28. The van der Waals surface area contributed by atoms with Crippen LogP contribution in [0.1, 0.15) is 21.5 Å². The fraction of sp³-hybridized carbons (Fsp3) is 0.273. The number of carbonyl (C=O) groups excluding carboxylic acids is 2. The number of hydrogen-bond donors (Lipinski definition) is 2. The van der Waals surface area contributed by atoms with Gasteiger partial charge in [0.2, 0.25) is 0 Å². The Morgan fingerprint density at radius 1 is 1.14 bits per heavy atom. The third-order valence-electron chi connectivity index (χ3n) is 4.50. The van der Waals surface area contributed by atoms with Gasteiger partial charge in [-0.1, -0.05) is 18.2 Å². The topological polar surface area (TPSA) is 85.9 Å². The van der Waals surface area contributed by atoms with Crippen molar-refractivity contribution in [2.45, 2.75) is 13.5 Å². The van der Waals surface area contributed by atoms with E-state index in [2.05, 4.69) is 15.4 Å². The molecule has 1 aliphatic rings. The molecule has 0 saturated carbocycles. The monoisotopic (exact) mass is 396 g/mol. The van der Waals surface area contributed by atoms with Gasteiger partial charge in [-0.2, -0.15) is 0 Å². The molecule has 0 bridgehead atoms. The normalized spacial score (nSPS) is 12.5. The second-order valence-electron chi connectivity index (χ2n) is 6.45. The maximum Gasteiger partial charge on any atom is 0.330 e. The predicted molar refractivity (Wildman–Crippen MR) is 109 cm³/mol. The zero-order chi connectivity index (χ0) is 20.6. The zero-order valence-electron chi connectivity index (χ0n) is 16.5. The van der Waals surface area contributed by atoms with Crippen LogP contribution in [0.2, 0.25) is 0 Å². The van der Waals surface area contributed by atoms with Crippen LogP contribution >= 0.6 is 0 Å². The Balaban J connectivity index is 1.62. The quantitative estimate of drug-likeness (QED) is 0.553. The Labute approximate surface area is 169 Å². The van der Waals surface area contributed by atoms with Crippen LogP contribution in [0.4, 0.5) is 5.69 Å². The van der Waals surface area contributed by atoms with Gasteiger partial charge in [-0.3, -0.25) is 4.79 Å². The van der Waals surface area contributed by atoms with Crippen LogP contribution in [-0.2, 0) is 16.1 Å². The zero-order valence-corrected chi connectivity index (χ0v) is 16.5. The van der Waals surface area contributed by atoms with Gasteiger partial charge in [0.15, 0.2) is 11.5 Å². The summed E-state index contributed by atoms with van der Waals surface area (Å²) < 4.78 is 15.7. The van der Waals surface area contributed by atoms with Crippen LogP contribution in [0.15, 0.2) is 48.6 Å². The van der Waals surface area contributed by atoms with Crippen molar-refractivity contribution >= 4 is 17.6 Å². The number of amides is 1. The molecule has 0 aliphatic carbocycles. The minimum Gasteiger partial charge on any atom is -0.486 e. The van der Waals surface area contributed by atoms with Crippen LogP contribution in [0.3, 0.4) is 0 Å². The highest BCUT2D eigenvalue weighted by atomic mass is 16.6. The Hall–Kier alpha value is -3.48. The lowest BCUT2D eigenvalue weighted by Gasteiger charge is -2.19. The van der Waals surface area contributed by atoms with Crippen LogP contribution in [-0.4, -0.2) is 38.7 Å². The van der Waals surface area contributed by atoms with E-state index in [1.807, 2.05) is 37.3 Å². The molecule has 2 aromatic carbocycles. The predicted octanol–water partition coefficient (Wildman–Crippen LogP) is 2.84. The molecular weight excluding hydrogens is 372 g/mol. The average Bonchev–Trinajstić information content (AvgIpc) is 2.75. The van der Waals surface area contributed by atoms with Crippen molar-refractivity contribution in [1.29, 1.82) is 0 Å². The largest absolute Gasteiger partial charge is 0.486 e. The highest BCUT2D eigenvalue weighted by Crippen LogP contribution is 2.31. The van der Waals surface area contributed by atoms with Crippen molar-refractivity contribution in [3.63, 3.8) is 0 Å². The van der Waals surface area contributed by atoms with Gasteiger partial charge in [-0.05, 0) is 42.3 Å². The van der Waals surface area contributed by atoms with Gasteiger partial charge in [-0.25, -0.2) is 4.79 Å². The number of rotatable bonds is 7. The number of nitrogens with one attached hydrogen (secondary N) is 2. The standard InChI is InChI=1S/C22H24N2O5/c1-15-17(22(26)23-10-4-7-21(25)27-2)5-3-6-18(15)24-14-16-8-9-19-20(13-16)29-12-11-28-19/h3-9,13,24H,10-12,14H2,1-2H3,(H,23,26)/b7-4+. The molecule has 0 atom stereocenters. The molecule has 7 nitrogen and oxygen atoms in total. The molecule has 1 heterocycles. The minimum atomic E-state index is -0.458. The third-order valence-corrected chi connectivity index (χ3v) is 4.50. The number of carbonyl (C=O) groups is 2. The molecule has 0 spiro atoms. The smallest absolute Gasteiger partial charge is 0.330 e. The molecule has 2 aromatic rings. The summed E-state index contributed by atoms with van der Waals surface area (Å²) >= 11 is 0. The number of esters is 1. The van der Waals surface area contributed by atoms with E-state index in [9.17, 15) is 9.59 Å². The molecule has 29 heavy (non-hydrogen) atoms.